The van der Waals surface area contributed by atoms with Crippen LogP contribution in [-0.2, 0) is 0 Å². The summed E-state index contributed by atoms with van der Waals surface area (Å²) in [5.41, 5.74) is 0.0698. The van der Waals surface area contributed by atoms with Crippen molar-refractivity contribution in [1.29, 1.82) is 0 Å². The molecule has 2 aromatic rings. The van der Waals surface area contributed by atoms with E-state index >= 15 is 0 Å². The van der Waals surface area contributed by atoms with Crippen molar-refractivity contribution in [2.45, 2.75) is 0 Å². The van der Waals surface area contributed by atoms with Gasteiger partial charge in [0.1, 0.15) is 11.6 Å². The predicted molar refractivity (Wildman–Crippen MR) is 63.2 cm³/mol. The second-order valence-corrected chi connectivity index (χ2v) is 3.53. The summed E-state index contributed by atoms with van der Waals surface area (Å²) in [7, 11) is 0. The molecule has 0 bridgehead atoms. The first-order valence-corrected chi connectivity index (χ1v) is 5.23. The third kappa shape index (κ3) is 2.43. The van der Waals surface area contributed by atoms with Gasteiger partial charge in [-0.1, -0.05) is 24.3 Å². The van der Waals surface area contributed by atoms with Crippen molar-refractivity contribution < 1.29 is 18.7 Å². The van der Waals surface area contributed by atoms with Gasteiger partial charge in [0.15, 0.2) is 6.29 Å². The molecule has 18 heavy (non-hydrogen) atoms. The van der Waals surface area contributed by atoms with E-state index in [9.17, 15) is 14.0 Å². The molecule has 2 aromatic carbocycles. The Morgan fingerprint density at radius 1 is 1.06 bits per heavy atom. The molecule has 4 heteroatoms. The minimum absolute atomic E-state index is 0.112. The van der Waals surface area contributed by atoms with E-state index in [0.29, 0.717) is 6.29 Å². The van der Waals surface area contributed by atoms with Gasteiger partial charge in [-0.25, -0.2) is 9.18 Å². The average Bonchev–Trinajstić information content (AvgIpc) is 2.39. The smallest absolute Gasteiger partial charge is 0.346 e. The van der Waals surface area contributed by atoms with Crippen LogP contribution >= 0.6 is 0 Å². The van der Waals surface area contributed by atoms with Crippen LogP contribution in [0.15, 0.2) is 48.5 Å². The van der Waals surface area contributed by atoms with Crippen molar-refractivity contribution in [3.63, 3.8) is 0 Å². The summed E-state index contributed by atoms with van der Waals surface area (Å²) >= 11 is 0. The Labute approximate surface area is 103 Å². The topological polar surface area (TPSA) is 43.4 Å². The summed E-state index contributed by atoms with van der Waals surface area (Å²) < 4.78 is 18.3. The van der Waals surface area contributed by atoms with Gasteiger partial charge in [-0.05, 0) is 24.3 Å². The van der Waals surface area contributed by atoms with Crippen LogP contribution in [0.5, 0.6) is 5.75 Å². The number of para-hydroxylation sites is 1. The SMILES string of the molecule is O=Cc1ccccc1OC(=O)c1ccccc1F. The number of carbonyl (C=O) groups excluding carboxylic acids is 2. The second-order valence-electron chi connectivity index (χ2n) is 3.53. The van der Waals surface area contributed by atoms with E-state index in [1.54, 1.807) is 12.1 Å². The fourth-order valence-corrected chi connectivity index (χ4v) is 1.45. The molecule has 90 valence electrons. The van der Waals surface area contributed by atoms with Crippen molar-refractivity contribution >= 4 is 12.3 Å². The molecular formula is C14H9FO3. The maximum absolute atomic E-state index is 13.4. The average molecular weight is 244 g/mol. The van der Waals surface area contributed by atoms with Gasteiger partial charge in [0.25, 0.3) is 0 Å². The highest BCUT2D eigenvalue weighted by atomic mass is 19.1. The summed E-state index contributed by atoms with van der Waals surface area (Å²) in [6.45, 7) is 0. The molecule has 0 aliphatic carbocycles. The lowest BCUT2D eigenvalue weighted by Gasteiger charge is -2.06. The van der Waals surface area contributed by atoms with Gasteiger partial charge in [0, 0.05) is 0 Å². The summed E-state index contributed by atoms with van der Waals surface area (Å²) in [5, 5.41) is 0. The molecule has 0 amide bonds. The van der Waals surface area contributed by atoms with E-state index in [4.69, 9.17) is 4.74 Å². The van der Waals surface area contributed by atoms with E-state index < -0.39 is 11.8 Å². The highest BCUT2D eigenvalue weighted by Crippen LogP contribution is 2.18. The molecule has 0 heterocycles. The van der Waals surface area contributed by atoms with Crippen LogP contribution in [0.25, 0.3) is 0 Å². The number of esters is 1. The number of aldehydes is 1. The number of halogens is 1. The molecule has 0 aliphatic heterocycles. The van der Waals surface area contributed by atoms with Crippen molar-refractivity contribution in [1.82, 2.24) is 0 Å². The Morgan fingerprint density at radius 2 is 1.72 bits per heavy atom. The zero-order valence-electron chi connectivity index (χ0n) is 9.30. The molecule has 0 aliphatic rings. The monoisotopic (exact) mass is 244 g/mol. The van der Waals surface area contributed by atoms with Crippen molar-refractivity contribution in [3.05, 3.63) is 65.5 Å². The standard InChI is InChI=1S/C14H9FO3/c15-12-7-3-2-6-11(12)14(17)18-13-8-4-1-5-10(13)9-16/h1-9H. The predicted octanol–water partition coefficient (Wildman–Crippen LogP) is 2.86. The summed E-state index contributed by atoms with van der Waals surface area (Å²) in [4.78, 5) is 22.5. The molecule has 0 radical (unpaired) electrons. The van der Waals surface area contributed by atoms with Crippen LogP contribution in [0.1, 0.15) is 20.7 Å². The number of rotatable bonds is 3. The Morgan fingerprint density at radius 3 is 2.44 bits per heavy atom. The van der Waals surface area contributed by atoms with Crippen LogP contribution in [0, 0.1) is 5.82 Å². The van der Waals surface area contributed by atoms with Crippen LogP contribution in [0.2, 0.25) is 0 Å². The third-order valence-corrected chi connectivity index (χ3v) is 2.34. The van der Waals surface area contributed by atoms with Crippen molar-refractivity contribution in [3.8, 4) is 5.75 Å². The molecule has 2 rings (SSSR count). The van der Waals surface area contributed by atoms with E-state index in [2.05, 4.69) is 0 Å². The lowest BCUT2D eigenvalue weighted by atomic mass is 10.2. The third-order valence-electron chi connectivity index (χ3n) is 2.34. The Kier molecular flexibility index (Phi) is 3.48. The van der Waals surface area contributed by atoms with E-state index in [-0.39, 0.29) is 16.9 Å². The fraction of sp³-hybridized carbons (Fsp3) is 0. The number of benzene rings is 2. The lowest BCUT2D eigenvalue weighted by molar-refractivity contribution is 0.0728. The molecular weight excluding hydrogens is 235 g/mol. The lowest BCUT2D eigenvalue weighted by Crippen LogP contribution is -2.11. The van der Waals surface area contributed by atoms with Crippen LogP contribution in [-0.4, -0.2) is 12.3 Å². The molecule has 3 nitrogen and oxygen atoms in total. The first-order chi connectivity index (χ1) is 8.72. The van der Waals surface area contributed by atoms with Gasteiger partial charge >= 0.3 is 5.97 Å². The maximum Gasteiger partial charge on any atom is 0.346 e. The number of ether oxygens (including phenoxy) is 1. The largest absolute Gasteiger partial charge is 0.422 e. The Bertz CT molecular complexity index is 593. The number of hydrogen-bond donors (Lipinski definition) is 0. The van der Waals surface area contributed by atoms with Crippen molar-refractivity contribution in [2.75, 3.05) is 0 Å². The molecule has 0 N–H and O–H groups in total. The van der Waals surface area contributed by atoms with Gasteiger partial charge < -0.3 is 4.74 Å². The molecule has 0 saturated heterocycles. The first kappa shape index (κ1) is 12.0. The number of carbonyl (C=O) groups is 2. The van der Waals surface area contributed by atoms with E-state index in [1.807, 2.05) is 0 Å². The Balaban J connectivity index is 2.27. The highest BCUT2D eigenvalue weighted by molar-refractivity contribution is 5.92. The highest BCUT2D eigenvalue weighted by Gasteiger charge is 2.14. The molecule has 0 spiro atoms. The second kappa shape index (κ2) is 5.23. The van der Waals surface area contributed by atoms with Gasteiger partial charge in [-0.15, -0.1) is 0 Å². The molecule has 0 fully saturated rings. The maximum atomic E-state index is 13.4. The summed E-state index contributed by atoms with van der Waals surface area (Å²) in [6, 6.07) is 11.8. The first-order valence-electron chi connectivity index (χ1n) is 5.23. The minimum atomic E-state index is -0.831. The molecule has 0 unspecified atom stereocenters. The van der Waals surface area contributed by atoms with Gasteiger partial charge in [-0.3, -0.25) is 4.79 Å². The zero-order chi connectivity index (χ0) is 13.0. The van der Waals surface area contributed by atoms with E-state index in [0.717, 1.165) is 0 Å². The van der Waals surface area contributed by atoms with Crippen LogP contribution in [0.3, 0.4) is 0 Å². The fourth-order valence-electron chi connectivity index (χ4n) is 1.45. The summed E-state index contributed by atoms with van der Waals surface area (Å²) in [6.07, 6.45) is 0.573. The normalized spacial score (nSPS) is 9.83. The van der Waals surface area contributed by atoms with Crippen LogP contribution < -0.4 is 4.74 Å². The van der Waals surface area contributed by atoms with Gasteiger partial charge in [0.05, 0.1) is 11.1 Å². The molecule has 0 aromatic heterocycles. The number of hydrogen-bond acceptors (Lipinski definition) is 3. The molecule has 0 atom stereocenters. The minimum Gasteiger partial charge on any atom is -0.422 e. The quantitative estimate of drug-likeness (QED) is 0.473. The van der Waals surface area contributed by atoms with Crippen molar-refractivity contribution in [2.24, 2.45) is 0 Å². The van der Waals surface area contributed by atoms with Crippen LogP contribution in [0.4, 0.5) is 4.39 Å². The zero-order valence-corrected chi connectivity index (χ0v) is 9.30. The molecule has 0 saturated carbocycles. The van der Waals surface area contributed by atoms with Gasteiger partial charge in [0.2, 0.25) is 0 Å². The van der Waals surface area contributed by atoms with E-state index in [1.165, 1.54) is 36.4 Å². The summed E-state index contributed by atoms with van der Waals surface area (Å²) in [5.74, 6) is -1.38. The Hall–Kier alpha value is -2.49. The van der Waals surface area contributed by atoms with Gasteiger partial charge in [-0.2, -0.15) is 0 Å².